The number of nitrogens with zero attached hydrogens (tertiary/aromatic N) is 2. The SMILES string of the molecule is CCC(C)c1ccc(-c2cc(CCN)nn2C)cc1. The fourth-order valence-electron chi connectivity index (χ4n) is 2.28. The molecule has 19 heavy (non-hydrogen) atoms. The van der Waals surface area contributed by atoms with Gasteiger partial charge in [0.2, 0.25) is 0 Å². The van der Waals surface area contributed by atoms with Gasteiger partial charge in [0.1, 0.15) is 0 Å². The summed E-state index contributed by atoms with van der Waals surface area (Å²) in [5.74, 6) is 0.619. The summed E-state index contributed by atoms with van der Waals surface area (Å²) in [5.41, 5.74) is 10.4. The summed E-state index contributed by atoms with van der Waals surface area (Å²) < 4.78 is 1.93. The van der Waals surface area contributed by atoms with E-state index in [1.54, 1.807) is 0 Å². The van der Waals surface area contributed by atoms with Crippen LogP contribution in [-0.2, 0) is 13.5 Å². The Morgan fingerprint density at radius 3 is 2.53 bits per heavy atom. The highest BCUT2D eigenvalue weighted by Crippen LogP contribution is 2.24. The molecule has 1 atom stereocenters. The van der Waals surface area contributed by atoms with Crippen LogP contribution in [0.5, 0.6) is 0 Å². The van der Waals surface area contributed by atoms with E-state index in [1.165, 1.54) is 17.5 Å². The summed E-state index contributed by atoms with van der Waals surface area (Å²) in [6.45, 7) is 5.13. The molecule has 0 aliphatic carbocycles. The van der Waals surface area contributed by atoms with Gasteiger partial charge in [0.25, 0.3) is 0 Å². The Hall–Kier alpha value is -1.61. The molecule has 0 radical (unpaired) electrons. The number of hydrogen-bond donors (Lipinski definition) is 1. The number of aryl methyl sites for hydroxylation is 1. The molecule has 0 spiro atoms. The van der Waals surface area contributed by atoms with E-state index < -0.39 is 0 Å². The highest BCUT2D eigenvalue weighted by atomic mass is 15.3. The summed E-state index contributed by atoms with van der Waals surface area (Å²) >= 11 is 0. The van der Waals surface area contributed by atoms with Crippen molar-refractivity contribution in [2.24, 2.45) is 12.8 Å². The topological polar surface area (TPSA) is 43.8 Å². The van der Waals surface area contributed by atoms with Gasteiger partial charge in [-0.1, -0.05) is 38.1 Å². The molecule has 3 nitrogen and oxygen atoms in total. The number of nitrogens with two attached hydrogens (primary N) is 1. The lowest BCUT2D eigenvalue weighted by atomic mass is 9.97. The quantitative estimate of drug-likeness (QED) is 0.894. The Morgan fingerprint density at radius 1 is 1.26 bits per heavy atom. The number of hydrogen-bond acceptors (Lipinski definition) is 2. The lowest BCUT2D eigenvalue weighted by molar-refractivity contribution is 0.733. The van der Waals surface area contributed by atoms with Crippen LogP contribution in [-0.4, -0.2) is 16.3 Å². The summed E-state index contributed by atoms with van der Waals surface area (Å²) in [4.78, 5) is 0. The molecule has 1 heterocycles. The molecule has 1 unspecified atom stereocenters. The van der Waals surface area contributed by atoms with Crippen molar-refractivity contribution in [1.82, 2.24) is 9.78 Å². The smallest absolute Gasteiger partial charge is 0.0681 e. The highest BCUT2D eigenvalue weighted by Gasteiger charge is 2.08. The van der Waals surface area contributed by atoms with Crippen LogP contribution in [0.3, 0.4) is 0 Å². The molecule has 1 aromatic carbocycles. The van der Waals surface area contributed by atoms with Crippen molar-refractivity contribution in [2.45, 2.75) is 32.6 Å². The van der Waals surface area contributed by atoms with Gasteiger partial charge in [-0.3, -0.25) is 4.68 Å². The van der Waals surface area contributed by atoms with Gasteiger partial charge in [0, 0.05) is 13.5 Å². The van der Waals surface area contributed by atoms with Crippen LogP contribution in [0.15, 0.2) is 30.3 Å². The molecule has 0 saturated carbocycles. The van der Waals surface area contributed by atoms with E-state index in [0.717, 1.165) is 17.8 Å². The maximum Gasteiger partial charge on any atom is 0.0681 e. The zero-order chi connectivity index (χ0) is 13.8. The summed E-state index contributed by atoms with van der Waals surface area (Å²) in [7, 11) is 1.98. The Morgan fingerprint density at radius 2 is 1.95 bits per heavy atom. The lowest BCUT2D eigenvalue weighted by Gasteiger charge is -2.09. The molecule has 2 rings (SSSR count). The molecule has 3 heteroatoms. The molecule has 0 fully saturated rings. The van der Waals surface area contributed by atoms with Crippen LogP contribution in [0.2, 0.25) is 0 Å². The summed E-state index contributed by atoms with van der Waals surface area (Å²) in [6.07, 6.45) is 2.00. The van der Waals surface area contributed by atoms with Gasteiger partial charge in [0.15, 0.2) is 0 Å². The first-order chi connectivity index (χ1) is 9.15. The van der Waals surface area contributed by atoms with Crippen LogP contribution in [0.4, 0.5) is 0 Å². The van der Waals surface area contributed by atoms with Crippen molar-refractivity contribution in [3.05, 3.63) is 41.6 Å². The third kappa shape index (κ3) is 3.04. The van der Waals surface area contributed by atoms with Crippen LogP contribution < -0.4 is 5.73 Å². The zero-order valence-corrected chi connectivity index (χ0v) is 12.1. The van der Waals surface area contributed by atoms with Gasteiger partial charge in [-0.15, -0.1) is 0 Å². The van der Waals surface area contributed by atoms with E-state index >= 15 is 0 Å². The number of aromatic nitrogens is 2. The predicted molar refractivity (Wildman–Crippen MR) is 80.1 cm³/mol. The van der Waals surface area contributed by atoms with Crippen LogP contribution in [0.1, 0.15) is 37.4 Å². The van der Waals surface area contributed by atoms with Crippen LogP contribution in [0, 0.1) is 0 Å². The summed E-state index contributed by atoms with van der Waals surface area (Å²) in [5, 5.41) is 4.49. The van der Waals surface area contributed by atoms with Crippen molar-refractivity contribution in [3.8, 4) is 11.3 Å². The van der Waals surface area contributed by atoms with Gasteiger partial charge in [-0.2, -0.15) is 5.10 Å². The highest BCUT2D eigenvalue weighted by molar-refractivity contribution is 5.60. The maximum absolute atomic E-state index is 5.58. The largest absolute Gasteiger partial charge is 0.330 e. The molecule has 0 saturated heterocycles. The molecule has 1 aromatic heterocycles. The maximum atomic E-state index is 5.58. The molecule has 102 valence electrons. The summed E-state index contributed by atoms with van der Waals surface area (Å²) in [6, 6.07) is 10.9. The average molecular weight is 257 g/mol. The van der Waals surface area contributed by atoms with E-state index in [1.807, 2.05) is 11.7 Å². The second-order valence-corrected chi connectivity index (χ2v) is 5.11. The minimum absolute atomic E-state index is 0.619. The predicted octanol–water partition coefficient (Wildman–Crippen LogP) is 3.10. The fraction of sp³-hybridized carbons (Fsp3) is 0.438. The van der Waals surface area contributed by atoms with Crippen LogP contribution in [0.25, 0.3) is 11.3 Å². The first-order valence-electron chi connectivity index (χ1n) is 6.99. The van der Waals surface area contributed by atoms with E-state index in [0.29, 0.717) is 12.5 Å². The first kappa shape index (κ1) is 13.8. The standard InChI is InChI=1S/C16H23N3/c1-4-12(2)13-5-7-14(8-6-13)16-11-15(9-10-17)18-19(16)3/h5-8,11-12H,4,9-10,17H2,1-3H3. The van der Waals surface area contributed by atoms with Gasteiger partial charge in [0.05, 0.1) is 11.4 Å². The Balaban J connectivity index is 2.26. The fourth-order valence-corrected chi connectivity index (χ4v) is 2.28. The third-order valence-corrected chi connectivity index (χ3v) is 3.72. The van der Waals surface area contributed by atoms with Gasteiger partial charge in [-0.05, 0) is 36.1 Å². The zero-order valence-electron chi connectivity index (χ0n) is 12.1. The molecular weight excluding hydrogens is 234 g/mol. The Kier molecular flexibility index (Phi) is 4.38. The van der Waals surface area contributed by atoms with E-state index in [2.05, 4.69) is 49.3 Å². The minimum atomic E-state index is 0.619. The minimum Gasteiger partial charge on any atom is -0.330 e. The monoisotopic (exact) mass is 257 g/mol. The molecule has 0 amide bonds. The van der Waals surface area contributed by atoms with Gasteiger partial charge in [-0.25, -0.2) is 0 Å². The van der Waals surface area contributed by atoms with Gasteiger partial charge < -0.3 is 5.73 Å². The number of benzene rings is 1. The Bertz CT molecular complexity index is 525. The van der Waals surface area contributed by atoms with E-state index in [4.69, 9.17) is 5.73 Å². The normalized spacial score (nSPS) is 12.6. The van der Waals surface area contributed by atoms with Crippen LogP contribution >= 0.6 is 0 Å². The molecular formula is C16H23N3. The molecule has 0 aliphatic heterocycles. The Labute approximate surface area is 115 Å². The molecule has 2 N–H and O–H groups in total. The van der Waals surface area contributed by atoms with Crippen molar-refractivity contribution in [3.63, 3.8) is 0 Å². The van der Waals surface area contributed by atoms with E-state index in [9.17, 15) is 0 Å². The van der Waals surface area contributed by atoms with E-state index in [-0.39, 0.29) is 0 Å². The third-order valence-electron chi connectivity index (χ3n) is 3.72. The van der Waals surface area contributed by atoms with Gasteiger partial charge >= 0.3 is 0 Å². The molecule has 0 bridgehead atoms. The first-order valence-corrected chi connectivity index (χ1v) is 6.99. The lowest BCUT2D eigenvalue weighted by Crippen LogP contribution is -2.03. The average Bonchev–Trinajstić information content (AvgIpc) is 2.79. The second-order valence-electron chi connectivity index (χ2n) is 5.11. The van der Waals surface area contributed by atoms with Crippen molar-refractivity contribution in [1.29, 1.82) is 0 Å². The van der Waals surface area contributed by atoms with Crippen molar-refractivity contribution >= 4 is 0 Å². The number of rotatable bonds is 5. The van der Waals surface area contributed by atoms with Crippen molar-refractivity contribution in [2.75, 3.05) is 6.54 Å². The molecule has 2 aromatic rings. The molecule has 0 aliphatic rings. The second kappa shape index (κ2) is 6.02. The van der Waals surface area contributed by atoms with Crippen molar-refractivity contribution < 1.29 is 0 Å².